The molecule has 0 amide bonds. The van der Waals surface area contributed by atoms with Crippen LogP contribution in [0.3, 0.4) is 0 Å². The molecule has 0 aliphatic carbocycles. The first-order valence-electron chi connectivity index (χ1n) is 10.4. The molecule has 166 valence electrons. The number of methoxy groups -OCH3 is 1. The Labute approximate surface area is 180 Å². The number of aromatic nitrogens is 1. The fourth-order valence-electron chi connectivity index (χ4n) is 2.93. The predicted molar refractivity (Wildman–Crippen MR) is 121 cm³/mol. The number of hydrogen-bond acceptors (Lipinski definition) is 8. The van der Waals surface area contributed by atoms with Crippen LogP contribution in [0.1, 0.15) is 44.1 Å². The van der Waals surface area contributed by atoms with Crippen LogP contribution in [0, 0.1) is 0 Å². The number of morpholine rings is 1. The number of ether oxygens (including phenoxy) is 2. The summed E-state index contributed by atoms with van der Waals surface area (Å²) in [6.07, 6.45) is 2.20. The summed E-state index contributed by atoms with van der Waals surface area (Å²) in [7, 11) is -0.463. The molecule has 1 aromatic rings. The zero-order valence-corrected chi connectivity index (χ0v) is 20.6. The van der Waals surface area contributed by atoms with Crippen LogP contribution < -0.4 is 5.32 Å². The van der Waals surface area contributed by atoms with Crippen LogP contribution in [-0.4, -0.2) is 76.8 Å². The van der Waals surface area contributed by atoms with Gasteiger partial charge in [0.15, 0.2) is 19.1 Å². The van der Waals surface area contributed by atoms with Crippen molar-refractivity contribution in [1.82, 2.24) is 9.88 Å². The molecule has 2 heterocycles. The number of nitrogens with zero attached hydrogens (tertiary/aromatic N) is 2. The molecule has 1 fully saturated rings. The van der Waals surface area contributed by atoms with Gasteiger partial charge in [-0.05, 0) is 31.0 Å². The molecule has 1 aromatic heterocycles. The van der Waals surface area contributed by atoms with Gasteiger partial charge < -0.3 is 19.2 Å². The fourth-order valence-corrected chi connectivity index (χ4v) is 5.02. The van der Waals surface area contributed by atoms with Crippen molar-refractivity contribution in [1.29, 1.82) is 0 Å². The van der Waals surface area contributed by atoms with E-state index in [9.17, 15) is 4.79 Å². The van der Waals surface area contributed by atoms with Gasteiger partial charge in [-0.2, -0.15) is 0 Å². The Morgan fingerprint density at radius 2 is 2.07 bits per heavy atom. The molecule has 9 heteroatoms. The lowest BCUT2D eigenvalue weighted by Gasteiger charge is -2.41. The zero-order chi connectivity index (χ0) is 21.5. The van der Waals surface area contributed by atoms with Crippen molar-refractivity contribution in [3.63, 3.8) is 0 Å². The molecule has 0 spiro atoms. The summed E-state index contributed by atoms with van der Waals surface area (Å²) in [4.78, 5) is 18.2. The summed E-state index contributed by atoms with van der Waals surface area (Å²) in [5.74, 6) is -0.400. The van der Waals surface area contributed by atoms with Gasteiger partial charge in [-0.15, -0.1) is 11.3 Å². The first kappa shape index (κ1) is 24.3. The standard InChI is InChI=1S/C20H37N3O4SSi/c1-20(2,3)29(5,6)27-16(14-23-10-12-26-13-11-23)8-7-9-21-19-22-17(15-28-19)18(24)25-4/h15-16H,7-14H2,1-6H3,(H,21,22). The second kappa shape index (κ2) is 10.9. The summed E-state index contributed by atoms with van der Waals surface area (Å²) in [5, 5.41) is 5.98. The molecule has 1 N–H and O–H groups in total. The highest BCUT2D eigenvalue weighted by molar-refractivity contribution is 7.13. The maximum absolute atomic E-state index is 11.5. The smallest absolute Gasteiger partial charge is 0.357 e. The minimum Gasteiger partial charge on any atom is -0.464 e. The molecule has 2 rings (SSSR count). The number of carbonyl (C=O) groups is 1. The van der Waals surface area contributed by atoms with E-state index in [1.165, 1.54) is 18.4 Å². The SMILES string of the molecule is COC(=O)c1csc(NCCCC(CN2CCOCC2)O[Si](C)(C)C(C)(C)C)n1. The Morgan fingerprint density at radius 1 is 1.38 bits per heavy atom. The Bertz CT molecular complexity index is 642. The van der Waals surface area contributed by atoms with Crippen LogP contribution in [0.2, 0.25) is 18.1 Å². The van der Waals surface area contributed by atoms with Crippen molar-refractivity contribution in [3.8, 4) is 0 Å². The molecule has 0 radical (unpaired) electrons. The maximum atomic E-state index is 11.5. The molecule has 1 unspecified atom stereocenters. The summed E-state index contributed by atoms with van der Waals surface area (Å²) < 4.78 is 17.0. The minimum atomic E-state index is -1.83. The topological polar surface area (TPSA) is 72.9 Å². The summed E-state index contributed by atoms with van der Waals surface area (Å²) in [6.45, 7) is 16.8. The first-order chi connectivity index (χ1) is 13.6. The van der Waals surface area contributed by atoms with Gasteiger partial charge in [0.05, 0.1) is 26.4 Å². The monoisotopic (exact) mass is 443 g/mol. The van der Waals surface area contributed by atoms with Crippen molar-refractivity contribution in [2.24, 2.45) is 0 Å². The number of esters is 1. The van der Waals surface area contributed by atoms with Crippen molar-refractivity contribution >= 4 is 30.8 Å². The Balaban J connectivity index is 1.87. The first-order valence-corrected chi connectivity index (χ1v) is 14.2. The van der Waals surface area contributed by atoms with Crippen molar-refractivity contribution in [3.05, 3.63) is 11.1 Å². The van der Waals surface area contributed by atoms with E-state index in [1.54, 1.807) is 5.38 Å². The molecular formula is C20H37N3O4SSi. The second-order valence-corrected chi connectivity index (χ2v) is 14.6. The summed E-state index contributed by atoms with van der Waals surface area (Å²) in [5.41, 5.74) is 0.353. The molecule has 1 atom stereocenters. The third-order valence-electron chi connectivity index (χ3n) is 5.71. The number of hydrogen-bond donors (Lipinski definition) is 1. The van der Waals surface area contributed by atoms with Crippen molar-refractivity contribution < 1.29 is 18.7 Å². The number of nitrogens with one attached hydrogen (secondary N) is 1. The van der Waals surface area contributed by atoms with Gasteiger partial charge in [0, 0.05) is 31.6 Å². The van der Waals surface area contributed by atoms with Gasteiger partial charge in [0.2, 0.25) is 0 Å². The highest BCUT2D eigenvalue weighted by Crippen LogP contribution is 2.37. The van der Waals surface area contributed by atoms with Crippen LogP contribution in [0.4, 0.5) is 5.13 Å². The molecule has 0 saturated carbocycles. The van der Waals surface area contributed by atoms with E-state index in [0.717, 1.165) is 57.4 Å². The summed E-state index contributed by atoms with van der Waals surface area (Å²) in [6, 6.07) is 0. The van der Waals surface area contributed by atoms with Crippen LogP contribution >= 0.6 is 11.3 Å². The molecule has 1 aliphatic rings. The van der Waals surface area contributed by atoms with Crippen molar-refractivity contribution in [2.75, 3.05) is 51.8 Å². The van der Waals surface area contributed by atoms with Gasteiger partial charge in [0.1, 0.15) is 0 Å². The van der Waals surface area contributed by atoms with Crippen LogP contribution in [0.25, 0.3) is 0 Å². The third kappa shape index (κ3) is 7.64. The average Bonchev–Trinajstić information content (AvgIpc) is 3.13. The van der Waals surface area contributed by atoms with Crippen molar-refractivity contribution in [2.45, 2.75) is 57.8 Å². The van der Waals surface area contributed by atoms with Crippen LogP contribution in [-0.2, 0) is 13.9 Å². The molecule has 29 heavy (non-hydrogen) atoms. The quantitative estimate of drug-likeness (QED) is 0.334. The molecular weight excluding hydrogens is 406 g/mol. The Hall–Kier alpha value is -1.00. The predicted octanol–water partition coefficient (Wildman–Crippen LogP) is 3.84. The lowest BCUT2D eigenvalue weighted by Crippen LogP contribution is -2.48. The highest BCUT2D eigenvalue weighted by atomic mass is 32.1. The largest absolute Gasteiger partial charge is 0.464 e. The lowest BCUT2D eigenvalue weighted by atomic mass is 10.2. The lowest BCUT2D eigenvalue weighted by molar-refractivity contribution is 0.0154. The average molecular weight is 444 g/mol. The number of thiazole rings is 1. The van der Waals surface area contributed by atoms with Crippen LogP contribution in [0.5, 0.6) is 0 Å². The minimum absolute atomic E-state index is 0.194. The zero-order valence-electron chi connectivity index (χ0n) is 18.7. The molecule has 1 saturated heterocycles. The fraction of sp³-hybridized carbons (Fsp3) is 0.800. The third-order valence-corrected chi connectivity index (χ3v) is 11.0. The summed E-state index contributed by atoms with van der Waals surface area (Å²) >= 11 is 1.42. The molecule has 0 aromatic carbocycles. The van der Waals surface area contributed by atoms with E-state index in [1.807, 2.05) is 0 Å². The van der Waals surface area contributed by atoms with E-state index < -0.39 is 14.3 Å². The Kier molecular flexibility index (Phi) is 9.08. The number of carbonyl (C=O) groups excluding carboxylic acids is 1. The van der Waals surface area contributed by atoms with Gasteiger partial charge in [-0.25, -0.2) is 9.78 Å². The van der Waals surface area contributed by atoms with Gasteiger partial charge in [0.25, 0.3) is 0 Å². The van der Waals surface area contributed by atoms with E-state index in [-0.39, 0.29) is 11.1 Å². The maximum Gasteiger partial charge on any atom is 0.357 e. The molecule has 7 nitrogen and oxygen atoms in total. The number of anilines is 1. The number of rotatable bonds is 10. The molecule has 0 bridgehead atoms. The molecule has 1 aliphatic heterocycles. The highest BCUT2D eigenvalue weighted by Gasteiger charge is 2.39. The normalized spacial score (nSPS) is 17.2. The van der Waals surface area contributed by atoms with Gasteiger partial charge in [-0.3, -0.25) is 4.90 Å². The van der Waals surface area contributed by atoms with Gasteiger partial charge >= 0.3 is 5.97 Å². The van der Waals surface area contributed by atoms with E-state index in [2.05, 4.69) is 49.1 Å². The Morgan fingerprint density at radius 3 is 2.69 bits per heavy atom. The van der Waals surface area contributed by atoms with E-state index >= 15 is 0 Å². The van der Waals surface area contributed by atoms with E-state index in [4.69, 9.17) is 13.9 Å². The second-order valence-electron chi connectivity index (χ2n) is 9.01. The van der Waals surface area contributed by atoms with Gasteiger partial charge in [-0.1, -0.05) is 20.8 Å². The van der Waals surface area contributed by atoms with Crippen LogP contribution in [0.15, 0.2) is 5.38 Å². The van der Waals surface area contributed by atoms with E-state index in [0.29, 0.717) is 5.69 Å².